The molecule has 3 fully saturated rings. The van der Waals surface area contributed by atoms with Crippen LogP contribution in [-0.4, -0.2) is 65.4 Å². The SMILES string of the molecule is CC(C)(C)OC(=O)N1C[C@]2(OC[C@H]3OC(C)(C)O[C@H]3C2=O)OC1=O. The van der Waals surface area contributed by atoms with Crippen molar-refractivity contribution < 1.29 is 38.1 Å². The van der Waals surface area contributed by atoms with Gasteiger partial charge in [-0.3, -0.25) is 4.79 Å². The maximum atomic E-state index is 12.7. The molecule has 0 aromatic heterocycles. The van der Waals surface area contributed by atoms with Crippen LogP contribution in [0, 0.1) is 0 Å². The summed E-state index contributed by atoms with van der Waals surface area (Å²) >= 11 is 0. The van der Waals surface area contributed by atoms with E-state index < -0.39 is 47.4 Å². The number of hydrogen-bond donors (Lipinski definition) is 0. The summed E-state index contributed by atoms with van der Waals surface area (Å²) in [6, 6.07) is 0. The van der Waals surface area contributed by atoms with Crippen molar-refractivity contribution >= 4 is 18.0 Å². The summed E-state index contributed by atoms with van der Waals surface area (Å²) in [5.74, 6) is -3.39. The van der Waals surface area contributed by atoms with Crippen molar-refractivity contribution in [2.75, 3.05) is 13.2 Å². The summed E-state index contributed by atoms with van der Waals surface area (Å²) in [4.78, 5) is 37.6. The summed E-state index contributed by atoms with van der Waals surface area (Å²) < 4.78 is 26.9. The van der Waals surface area contributed by atoms with Crippen molar-refractivity contribution in [2.45, 2.75) is 64.0 Å². The summed E-state index contributed by atoms with van der Waals surface area (Å²) in [6.07, 6.45) is -3.38. The Morgan fingerprint density at radius 2 is 1.92 bits per heavy atom. The van der Waals surface area contributed by atoms with Gasteiger partial charge >= 0.3 is 12.2 Å². The van der Waals surface area contributed by atoms with E-state index in [1.807, 2.05) is 0 Å². The number of carbonyl (C=O) groups is 3. The van der Waals surface area contributed by atoms with Gasteiger partial charge in [0, 0.05) is 0 Å². The van der Waals surface area contributed by atoms with Crippen LogP contribution >= 0.6 is 0 Å². The van der Waals surface area contributed by atoms with Crippen LogP contribution in [-0.2, 0) is 28.5 Å². The Morgan fingerprint density at radius 3 is 2.54 bits per heavy atom. The van der Waals surface area contributed by atoms with E-state index in [4.69, 9.17) is 23.7 Å². The second kappa shape index (κ2) is 5.14. The largest absolute Gasteiger partial charge is 0.443 e. The molecule has 3 aliphatic heterocycles. The highest BCUT2D eigenvalue weighted by molar-refractivity contribution is 5.99. The highest BCUT2D eigenvalue weighted by Gasteiger charge is 2.64. The van der Waals surface area contributed by atoms with Crippen molar-refractivity contribution in [1.29, 1.82) is 0 Å². The van der Waals surface area contributed by atoms with Gasteiger partial charge in [-0.1, -0.05) is 0 Å². The van der Waals surface area contributed by atoms with Crippen LogP contribution in [0.15, 0.2) is 0 Å². The number of rotatable bonds is 0. The van der Waals surface area contributed by atoms with E-state index in [0.29, 0.717) is 4.90 Å². The lowest BCUT2D eigenvalue weighted by molar-refractivity contribution is -0.219. The van der Waals surface area contributed by atoms with Crippen LogP contribution in [0.5, 0.6) is 0 Å². The van der Waals surface area contributed by atoms with Crippen LogP contribution < -0.4 is 0 Å². The molecule has 1 spiro atoms. The fraction of sp³-hybridized carbons (Fsp3) is 0.800. The Bertz CT molecular complexity index is 595. The Kier molecular flexibility index (Phi) is 3.67. The van der Waals surface area contributed by atoms with Crippen molar-refractivity contribution in [2.24, 2.45) is 0 Å². The molecule has 0 N–H and O–H groups in total. The normalized spacial score (nSPS) is 35.1. The minimum atomic E-state index is -1.88. The van der Waals surface area contributed by atoms with Crippen LogP contribution in [0.2, 0.25) is 0 Å². The van der Waals surface area contributed by atoms with Gasteiger partial charge in [0.05, 0.1) is 6.61 Å². The van der Waals surface area contributed by atoms with Gasteiger partial charge in [-0.05, 0) is 34.6 Å². The molecule has 0 bridgehead atoms. The molecular formula is C15H21NO8. The number of nitrogens with zero attached hydrogens (tertiary/aromatic N) is 1. The van der Waals surface area contributed by atoms with Gasteiger partial charge in [0.15, 0.2) is 11.9 Å². The van der Waals surface area contributed by atoms with E-state index in [-0.39, 0.29) is 13.2 Å². The molecule has 0 saturated carbocycles. The molecule has 134 valence electrons. The Labute approximate surface area is 139 Å². The third kappa shape index (κ3) is 2.87. The number of imide groups is 1. The van der Waals surface area contributed by atoms with Crippen LogP contribution in [0.4, 0.5) is 9.59 Å². The number of ketones is 1. The van der Waals surface area contributed by atoms with Crippen molar-refractivity contribution in [3.63, 3.8) is 0 Å². The first-order valence-corrected chi connectivity index (χ1v) is 7.70. The number of Topliss-reactive ketones (excluding diaryl/α,β-unsaturated/α-hetero) is 1. The predicted molar refractivity (Wildman–Crippen MR) is 76.9 cm³/mol. The first-order valence-electron chi connectivity index (χ1n) is 7.70. The first kappa shape index (κ1) is 17.1. The molecule has 3 aliphatic rings. The standard InChI is InChI=1S/C15H21NO8/c1-13(2,3)23-11(18)16-7-15(24-12(16)19)10(17)9-8(6-20-15)21-14(4,5)22-9/h8-9H,6-7H2,1-5H3/t8-,9-,15+/m1/s1. The highest BCUT2D eigenvalue weighted by atomic mass is 16.8. The number of fused-ring (bicyclic) bond motifs is 1. The Balaban J connectivity index is 1.77. The Morgan fingerprint density at radius 1 is 1.25 bits per heavy atom. The van der Waals surface area contributed by atoms with Gasteiger partial charge in [0.1, 0.15) is 18.2 Å². The van der Waals surface area contributed by atoms with Gasteiger partial charge in [-0.15, -0.1) is 0 Å². The zero-order chi connectivity index (χ0) is 17.9. The molecule has 9 heteroatoms. The third-order valence-corrected chi connectivity index (χ3v) is 3.75. The van der Waals surface area contributed by atoms with E-state index in [9.17, 15) is 14.4 Å². The molecule has 0 aliphatic carbocycles. The summed E-state index contributed by atoms with van der Waals surface area (Å²) in [5, 5.41) is 0. The van der Waals surface area contributed by atoms with Crippen molar-refractivity contribution in [1.82, 2.24) is 4.90 Å². The quantitative estimate of drug-likeness (QED) is 0.646. The molecule has 3 heterocycles. The fourth-order valence-corrected chi connectivity index (χ4v) is 2.84. The topological polar surface area (TPSA) is 101 Å². The molecule has 0 radical (unpaired) electrons. The summed E-state index contributed by atoms with van der Waals surface area (Å²) in [7, 11) is 0. The fourth-order valence-electron chi connectivity index (χ4n) is 2.84. The molecule has 0 aromatic rings. The molecule has 2 amide bonds. The lowest BCUT2D eigenvalue weighted by Crippen LogP contribution is -2.59. The molecule has 3 saturated heterocycles. The molecule has 9 nitrogen and oxygen atoms in total. The summed E-state index contributed by atoms with van der Waals surface area (Å²) in [6.45, 7) is 7.99. The van der Waals surface area contributed by atoms with Gasteiger partial charge in [-0.2, -0.15) is 0 Å². The predicted octanol–water partition coefficient (Wildman–Crippen LogP) is 1.19. The van der Waals surface area contributed by atoms with Crippen molar-refractivity contribution in [3.8, 4) is 0 Å². The minimum absolute atomic E-state index is 0.00920. The van der Waals surface area contributed by atoms with Crippen LogP contribution in [0.3, 0.4) is 0 Å². The molecule has 3 atom stereocenters. The first-order chi connectivity index (χ1) is 10.9. The summed E-state index contributed by atoms with van der Waals surface area (Å²) in [5.41, 5.74) is -0.790. The average molecular weight is 343 g/mol. The number of hydrogen-bond acceptors (Lipinski definition) is 8. The lowest BCUT2D eigenvalue weighted by atomic mass is 9.99. The number of carbonyl (C=O) groups excluding carboxylic acids is 3. The second-order valence-corrected chi connectivity index (χ2v) is 7.46. The third-order valence-electron chi connectivity index (χ3n) is 3.75. The Hall–Kier alpha value is -1.71. The van der Waals surface area contributed by atoms with E-state index in [2.05, 4.69) is 0 Å². The minimum Gasteiger partial charge on any atom is -0.443 e. The monoisotopic (exact) mass is 343 g/mol. The van der Waals surface area contributed by atoms with Gasteiger partial charge in [0.25, 0.3) is 5.79 Å². The smallest absolute Gasteiger partial charge is 0.422 e. The molecule has 0 unspecified atom stereocenters. The molecule has 0 aromatic carbocycles. The number of amides is 2. The zero-order valence-electron chi connectivity index (χ0n) is 14.3. The van der Waals surface area contributed by atoms with Gasteiger partial charge < -0.3 is 23.7 Å². The van der Waals surface area contributed by atoms with Gasteiger partial charge in [0.2, 0.25) is 5.78 Å². The zero-order valence-corrected chi connectivity index (χ0v) is 14.3. The van der Waals surface area contributed by atoms with E-state index in [0.717, 1.165) is 0 Å². The highest BCUT2D eigenvalue weighted by Crippen LogP contribution is 2.39. The van der Waals surface area contributed by atoms with Crippen LogP contribution in [0.25, 0.3) is 0 Å². The maximum Gasteiger partial charge on any atom is 0.422 e. The van der Waals surface area contributed by atoms with Gasteiger partial charge in [-0.25, -0.2) is 14.5 Å². The molecular weight excluding hydrogens is 322 g/mol. The van der Waals surface area contributed by atoms with E-state index in [1.165, 1.54) is 0 Å². The average Bonchev–Trinajstić information content (AvgIpc) is 2.91. The second-order valence-electron chi connectivity index (χ2n) is 7.46. The molecule has 24 heavy (non-hydrogen) atoms. The van der Waals surface area contributed by atoms with E-state index in [1.54, 1.807) is 34.6 Å². The molecule has 3 rings (SSSR count). The lowest BCUT2D eigenvalue weighted by Gasteiger charge is -2.34. The van der Waals surface area contributed by atoms with E-state index >= 15 is 0 Å². The van der Waals surface area contributed by atoms with Crippen LogP contribution in [0.1, 0.15) is 34.6 Å². The van der Waals surface area contributed by atoms with Crippen molar-refractivity contribution in [3.05, 3.63) is 0 Å². The maximum absolute atomic E-state index is 12.7. The number of ether oxygens (including phenoxy) is 5.